The lowest BCUT2D eigenvalue weighted by Crippen LogP contribution is -2.27. The van der Waals surface area contributed by atoms with Gasteiger partial charge in [0, 0.05) is 23.3 Å². The van der Waals surface area contributed by atoms with Crippen molar-refractivity contribution < 1.29 is 14.3 Å². The summed E-state index contributed by atoms with van der Waals surface area (Å²) in [6.07, 6.45) is 1.08. The number of carbonyl (C=O) groups is 1. The molecule has 0 radical (unpaired) electrons. The molecule has 176 valence electrons. The maximum atomic E-state index is 12.3. The van der Waals surface area contributed by atoms with E-state index in [9.17, 15) is 4.79 Å². The first-order chi connectivity index (χ1) is 15.5. The number of carbonyl (C=O) groups excluding carboxylic acids is 1. The first-order valence-corrected chi connectivity index (χ1v) is 11.7. The lowest BCUT2D eigenvalue weighted by atomic mass is 10.2. The molecule has 0 bridgehead atoms. The lowest BCUT2D eigenvalue weighted by molar-refractivity contribution is -0.118. The highest BCUT2D eigenvalue weighted by Gasteiger charge is 2.13. The second-order valence-electron chi connectivity index (χ2n) is 7.58. The summed E-state index contributed by atoms with van der Waals surface area (Å²) < 4.78 is 11.5. The Morgan fingerprint density at radius 3 is 2.38 bits per heavy atom. The van der Waals surface area contributed by atoms with Gasteiger partial charge in [0.2, 0.25) is 0 Å². The van der Waals surface area contributed by atoms with E-state index in [4.69, 9.17) is 21.1 Å². The Morgan fingerprint density at radius 2 is 1.72 bits per heavy atom. The molecule has 0 aromatic heterocycles. The van der Waals surface area contributed by atoms with E-state index in [1.807, 2.05) is 44.2 Å². The minimum Gasteiger partial charge on any atom is -0.490 e. The highest BCUT2D eigenvalue weighted by molar-refractivity contribution is 6.31. The molecule has 2 aromatic rings. The molecule has 1 amide bonds. The zero-order valence-corrected chi connectivity index (χ0v) is 20.4. The van der Waals surface area contributed by atoms with E-state index in [0.717, 1.165) is 49.4 Å². The molecule has 0 aliphatic carbocycles. The van der Waals surface area contributed by atoms with Gasteiger partial charge < -0.3 is 25.0 Å². The maximum absolute atomic E-state index is 12.3. The van der Waals surface area contributed by atoms with Crippen molar-refractivity contribution in [3.05, 3.63) is 52.5 Å². The molecule has 0 saturated heterocycles. The van der Waals surface area contributed by atoms with Crippen molar-refractivity contribution in [2.75, 3.05) is 44.7 Å². The Morgan fingerprint density at radius 1 is 1.03 bits per heavy atom. The largest absolute Gasteiger partial charge is 0.490 e. The van der Waals surface area contributed by atoms with E-state index >= 15 is 0 Å². The van der Waals surface area contributed by atoms with Gasteiger partial charge in [-0.1, -0.05) is 43.1 Å². The minimum absolute atomic E-state index is 0.132. The molecule has 0 heterocycles. The third-order valence-corrected chi connectivity index (χ3v) is 5.50. The fraction of sp³-hybridized carbons (Fsp3) is 0.480. The van der Waals surface area contributed by atoms with Crippen molar-refractivity contribution >= 4 is 23.2 Å². The number of hydrogen-bond donors (Lipinski definition) is 2. The van der Waals surface area contributed by atoms with Crippen LogP contribution in [-0.4, -0.2) is 50.2 Å². The van der Waals surface area contributed by atoms with Gasteiger partial charge in [-0.25, -0.2) is 0 Å². The normalized spacial score (nSPS) is 10.9. The maximum Gasteiger partial charge on any atom is 0.262 e. The van der Waals surface area contributed by atoms with Crippen molar-refractivity contribution in [1.82, 2.24) is 10.2 Å². The van der Waals surface area contributed by atoms with Gasteiger partial charge in [-0.15, -0.1) is 0 Å². The van der Waals surface area contributed by atoms with Gasteiger partial charge >= 0.3 is 0 Å². The van der Waals surface area contributed by atoms with Crippen molar-refractivity contribution in [2.45, 2.75) is 40.7 Å². The molecule has 2 N–H and O–H groups in total. The number of benzene rings is 2. The molecule has 2 rings (SSSR count). The van der Waals surface area contributed by atoms with Crippen LogP contribution in [0.1, 0.15) is 38.3 Å². The minimum atomic E-state index is -0.244. The molecule has 0 spiro atoms. The van der Waals surface area contributed by atoms with Gasteiger partial charge in [0.1, 0.15) is 0 Å². The number of halogens is 1. The van der Waals surface area contributed by atoms with Crippen LogP contribution in [0.2, 0.25) is 5.02 Å². The molecule has 32 heavy (non-hydrogen) atoms. The summed E-state index contributed by atoms with van der Waals surface area (Å²) in [6, 6.07) is 11.2. The molecule has 7 heteroatoms. The number of nitrogens with one attached hydrogen (secondary N) is 2. The molecule has 0 atom stereocenters. The van der Waals surface area contributed by atoms with Crippen molar-refractivity contribution in [3.63, 3.8) is 0 Å². The van der Waals surface area contributed by atoms with Crippen LogP contribution in [0.5, 0.6) is 11.5 Å². The van der Waals surface area contributed by atoms with Crippen molar-refractivity contribution in [1.29, 1.82) is 0 Å². The standard InChI is InChI=1S/C25H36ClN3O3/c1-5-29(6-2)14-8-13-27-17-20-15-23(31-7-3)24(16-22(20)26)32-18-25(30)28-21-11-9-19(4)10-12-21/h9-12,15-16,27H,5-8,13-14,17-18H2,1-4H3,(H,28,30). The Balaban J connectivity index is 1.91. The zero-order valence-electron chi connectivity index (χ0n) is 19.7. The molecule has 2 aromatic carbocycles. The predicted molar refractivity (Wildman–Crippen MR) is 132 cm³/mol. The summed E-state index contributed by atoms with van der Waals surface area (Å²) in [6.45, 7) is 13.4. The smallest absolute Gasteiger partial charge is 0.262 e. The third kappa shape index (κ3) is 8.69. The molecule has 0 aliphatic heterocycles. The van der Waals surface area contributed by atoms with Crippen LogP contribution in [-0.2, 0) is 11.3 Å². The molecule has 0 unspecified atom stereocenters. The lowest BCUT2D eigenvalue weighted by Gasteiger charge is -2.18. The number of rotatable bonds is 14. The first kappa shape index (κ1) is 26.0. The molecular weight excluding hydrogens is 426 g/mol. The number of anilines is 1. The van der Waals surface area contributed by atoms with Gasteiger partial charge in [-0.2, -0.15) is 0 Å². The zero-order chi connectivity index (χ0) is 23.3. The summed E-state index contributed by atoms with van der Waals surface area (Å²) in [5.41, 5.74) is 2.80. The molecule has 0 saturated carbocycles. The van der Waals surface area contributed by atoms with Gasteiger partial charge in [-0.3, -0.25) is 4.79 Å². The second-order valence-corrected chi connectivity index (χ2v) is 7.99. The number of ether oxygens (including phenoxy) is 2. The Hall–Kier alpha value is -2.28. The topological polar surface area (TPSA) is 62.8 Å². The van der Waals surface area contributed by atoms with Crippen LogP contribution in [0, 0.1) is 6.92 Å². The summed E-state index contributed by atoms with van der Waals surface area (Å²) in [7, 11) is 0. The van der Waals surface area contributed by atoms with E-state index in [0.29, 0.717) is 29.7 Å². The van der Waals surface area contributed by atoms with E-state index < -0.39 is 0 Å². The first-order valence-electron chi connectivity index (χ1n) is 11.3. The van der Waals surface area contributed by atoms with E-state index in [1.54, 1.807) is 6.07 Å². The average Bonchev–Trinajstić information content (AvgIpc) is 2.78. The van der Waals surface area contributed by atoms with Crippen LogP contribution < -0.4 is 20.1 Å². The Labute approximate surface area is 197 Å². The fourth-order valence-corrected chi connectivity index (χ4v) is 3.48. The Bertz CT molecular complexity index is 839. The second kappa shape index (κ2) is 14.0. The van der Waals surface area contributed by atoms with Crippen LogP contribution in [0.15, 0.2) is 36.4 Å². The van der Waals surface area contributed by atoms with Crippen LogP contribution in [0.3, 0.4) is 0 Å². The van der Waals surface area contributed by atoms with E-state index in [2.05, 4.69) is 29.4 Å². The van der Waals surface area contributed by atoms with Gasteiger partial charge in [-0.05, 0) is 70.2 Å². The van der Waals surface area contributed by atoms with E-state index in [-0.39, 0.29) is 12.5 Å². The third-order valence-electron chi connectivity index (χ3n) is 5.14. The number of amides is 1. The predicted octanol–water partition coefficient (Wildman–Crippen LogP) is 4.89. The van der Waals surface area contributed by atoms with Crippen LogP contribution in [0.4, 0.5) is 5.69 Å². The number of aryl methyl sites for hydroxylation is 1. The summed E-state index contributed by atoms with van der Waals surface area (Å²) >= 11 is 6.49. The summed E-state index contributed by atoms with van der Waals surface area (Å²) in [4.78, 5) is 14.7. The summed E-state index contributed by atoms with van der Waals surface area (Å²) in [5, 5.41) is 6.85. The van der Waals surface area contributed by atoms with Crippen LogP contribution >= 0.6 is 11.6 Å². The fourth-order valence-electron chi connectivity index (χ4n) is 3.26. The molecule has 6 nitrogen and oxygen atoms in total. The van der Waals surface area contributed by atoms with Gasteiger partial charge in [0.05, 0.1) is 6.61 Å². The molecule has 0 aliphatic rings. The highest BCUT2D eigenvalue weighted by Crippen LogP contribution is 2.33. The number of nitrogens with zero attached hydrogens (tertiary/aromatic N) is 1. The quantitative estimate of drug-likeness (QED) is 0.392. The Kier molecular flexibility index (Phi) is 11.4. The average molecular weight is 462 g/mol. The van der Waals surface area contributed by atoms with Crippen LogP contribution in [0.25, 0.3) is 0 Å². The molecule has 0 fully saturated rings. The van der Waals surface area contributed by atoms with E-state index in [1.165, 1.54) is 0 Å². The number of hydrogen-bond acceptors (Lipinski definition) is 5. The van der Waals surface area contributed by atoms with Crippen molar-refractivity contribution in [2.24, 2.45) is 0 Å². The van der Waals surface area contributed by atoms with Crippen molar-refractivity contribution in [3.8, 4) is 11.5 Å². The SMILES string of the molecule is CCOc1cc(CNCCCN(CC)CC)c(Cl)cc1OCC(=O)Nc1ccc(C)cc1. The highest BCUT2D eigenvalue weighted by atomic mass is 35.5. The summed E-state index contributed by atoms with van der Waals surface area (Å²) in [5.74, 6) is 0.799. The monoisotopic (exact) mass is 461 g/mol. The molecular formula is C25H36ClN3O3. The van der Waals surface area contributed by atoms with Gasteiger partial charge in [0.15, 0.2) is 18.1 Å². The van der Waals surface area contributed by atoms with Gasteiger partial charge in [0.25, 0.3) is 5.91 Å².